The van der Waals surface area contributed by atoms with Crippen molar-refractivity contribution in [3.05, 3.63) is 47.1 Å². The average Bonchev–Trinajstić information content (AvgIpc) is 2.52. The van der Waals surface area contributed by atoms with E-state index in [4.69, 9.17) is 11.3 Å². The molecule has 0 spiro atoms. The molecule has 3 nitrogen and oxygen atoms in total. The first kappa shape index (κ1) is 21.7. The molecule has 1 rings (SSSR count). The van der Waals surface area contributed by atoms with Crippen LogP contribution in [0.4, 0.5) is 13.2 Å². The fraction of sp³-hybridized carbons (Fsp3) is 0.611. The maximum atomic E-state index is 15.2. The Morgan fingerprint density at radius 3 is 2.32 bits per heavy atom. The Labute approximate surface area is 149 Å². The minimum Gasteiger partial charge on any atom is -0.306 e. The van der Waals surface area contributed by atoms with Gasteiger partial charge in [-0.25, -0.2) is 19.7 Å². The van der Waals surface area contributed by atoms with Gasteiger partial charge in [0.25, 0.3) is 5.92 Å². The van der Waals surface area contributed by atoms with E-state index >= 15 is 8.78 Å². The van der Waals surface area contributed by atoms with Gasteiger partial charge in [0.15, 0.2) is 0 Å². The predicted octanol–water partition coefficient (Wildman–Crippen LogP) is 4.55. The molecule has 0 fully saturated rings. The van der Waals surface area contributed by atoms with Gasteiger partial charge < -0.3 is 4.74 Å². The second-order valence-corrected chi connectivity index (χ2v) is 9.06. The second-order valence-electron chi connectivity index (χ2n) is 6.86. The summed E-state index contributed by atoms with van der Waals surface area (Å²) in [7, 11) is -1.63. The van der Waals surface area contributed by atoms with E-state index in [1.165, 1.54) is 25.1 Å². The van der Waals surface area contributed by atoms with Gasteiger partial charge in [-0.2, -0.15) is 0 Å². The molecule has 1 aromatic carbocycles. The van der Waals surface area contributed by atoms with Crippen LogP contribution in [0.25, 0.3) is 4.85 Å². The number of hydrogen-bond donors (Lipinski definition) is 0. The average molecular weight is 375 g/mol. The van der Waals surface area contributed by atoms with Crippen LogP contribution >= 0.6 is 0 Å². The van der Waals surface area contributed by atoms with E-state index in [0.717, 1.165) is 6.07 Å². The van der Waals surface area contributed by atoms with Gasteiger partial charge in [-0.1, -0.05) is 25.1 Å². The van der Waals surface area contributed by atoms with Crippen LogP contribution in [0.2, 0.25) is 0 Å². The molecule has 0 heterocycles. The first-order valence-electron chi connectivity index (χ1n) is 7.94. The van der Waals surface area contributed by atoms with Crippen LogP contribution in [0.3, 0.4) is 0 Å². The van der Waals surface area contributed by atoms with Crippen molar-refractivity contribution in [2.75, 3.05) is 19.1 Å². The third-order valence-electron chi connectivity index (χ3n) is 4.19. The Morgan fingerprint density at radius 2 is 1.84 bits per heavy atom. The van der Waals surface area contributed by atoms with E-state index in [1.54, 1.807) is 20.8 Å². The summed E-state index contributed by atoms with van der Waals surface area (Å²) >= 11 is 0. The molecule has 0 aromatic heterocycles. The van der Waals surface area contributed by atoms with Crippen molar-refractivity contribution in [3.63, 3.8) is 0 Å². The third-order valence-corrected chi connectivity index (χ3v) is 6.31. The standard InChI is InChI=1S/C18H24F3NO2S/c1-6-17(12-25(23)16(2,3)4,14-9-7-8-10-15(14)19)18(20,21)11-24-13-22-5/h7-10H,6,11-13H2,1-4H3/t17-,25-/m1/s1. The van der Waals surface area contributed by atoms with Crippen LogP contribution in [-0.4, -0.2) is 34.0 Å². The lowest BCUT2D eigenvalue weighted by atomic mass is 9.74. The molecule has 0 aliphatic rings. The molecular weight excluding hydrogens is 351 g/mol. The van der Waals surface area contributed by atoms with Gasteiger partial charge in [0.05, 0.1) is 5.41 Å². The Morgan fingerprint density at radius 1 is 1.24 bits per heavy atom. The maximum absolute atomic E-state index is 15.2. The smallest absolute Gasteiger partial charge is 0.306 e. The quantitative estimate of drug-likeness (QED) is 0.493. The highest BCUT2D eigenvalue weighted by atomic mass is 32.2. The van der Waals surface area contributed by atoms with Crippen molar-refractivity contribution in [2.24, 2.45) is 0 Å². The number of halogens is 3. The molecular formula is C18H24F3NO2S. The molecule has 0 aliphatic heterocycles. The molecule has 0 radical (unpaired) electrons. The van der Waals surface area contributed by atoms with Crippen LogP contribution in [-0.2, 0) is 21.0 Å². The summed E-state index contributed by atoms with van der Waals surface area (Å²) in [6, 6.07) is 5.34. The van der Waals surface area contributed by atoms with Crippen LogP contribution in [0.15, 0.2) is 24.3 Å². The van der Waals surface area contributed by atoms with Crippen molar-refractivity contribution in [2.45, 2.75) is 50.2 Å². The number of nitrogens with zero attached hydrogens (tertiary/aromatic N) is 1. The van der Waals surface area contributed by atoms with Crippen molar-refractivity contribution in [3.8, 4) is 0 Å². The van der Waals surface area contributed by atoms with Gasteiger partial charge in [0, 0.05) is 26.9 Å². The number of hydrogen-bond acceptors (Lipinski definition) is 2. The van der Waals surface area contributed by atoms with E-state index in [9.17, 15) is 8.60 Å². The Kier molecular flexibility index (Phi) is 7.21. The van der Waals surface area contributed by atoms with E-state index < -0.39 is 51.8 Å². The predicted molar refractivity (Wildman–Crippen MR) is 93.5 cm³/mol. The topological polar surface area (TPSA) is 30.7 Å². The molecule has 25 heavy (non-hydrogen) atoms. The van der Waals surface area contributed by atoms with E-state index in [-0.39, 0.29) is 12.0 Å². The van der Waals surface area contributed by atoms with E-state index in [2.05, 4.69) is 4.85 Å². The molecule has 0 N–H and O–H groups in total. The van der Waals surface area contributed by atoms with Crippen molar-refractivity contribution < 1.29 is 22.1 Å². The van der Waals surface area contributed by atoms with Crippen LogP contribution in [0.1, 0.15) is 39.7 Å². The van der Waals surface area contributed by atoms with Gasteiger partial charge in [-0.05, 0) is 33.3 Å². The van der Waals surface area contributed by atoms with Gasteiger partial charge in [-0.3, -0.25) is 9.05 Å². The number of rotatable bonds is 8. The molecule has 0 aliphatic carbocycles. The van der Waals surface area contributed by atoms with Crippen LogP contribution in [0, 0.1) is 12.4 Å². The summed E-state index contributed by atoms with van der Waals surface area (Å²) in [5, 5.41) is 0. The highest BCUT2D eigenvalue weighted by molar-refractivity contribution is 7.86. The van der Waals surface area contributed by atoms with Crippen LogP contribution in [0.5, 0.6) is 0 Å². The molecule has 0 amide bonds. The van der Waals surface area contributed by atoms with Crippen molar-refractivity contribution >= 4 is 10.8 Å². The summed E-state index contributed by atoms with van der Waals surface area (Å²) < 4.78 is 61.4. The zero-order valence-corrected chi connectivity index (χ0v) is 15.8. The maximum Gasteiger partial charge on any atom is 0.318 e. The largest absolute Gasteiger partial charge is 0.318 e. The lowest BCUT2D eigenvalue weighted by Gasteiger charge is -2.41. The van der Waals surface area contributed by atoms with Gasteiger partial charge in [0.2, 0.25) is 0 Å². The molecule has 0 saturated carbocycles. The zero-order valence-electron chi connectivity index (χ0n) is 14.9. The van der Waals surface area contributed by atoms with E-state index in [0.29, 0.717) is 0 Å². The lowest BCUT2D eigenvalue weighted by Crippen LogP contribution is -2.53. The van der Waals surface area contributed by atoms with Crippen LogP contribution < -0.4 is 0 Å². The minimum atomic E-state index is -3.49. The summed E-state index contributed by atoms with van der Waals surface area (Å²) in [5.74, 6) is -4.65. The summed E-state index contributed by atoms with van der Waals surface area (Å²) in [6.45, 7) is 11.7. The molecule has 0 saturated heterocycles. The number of ether oxygens (including phenoxy) is 1. The van der Waals surface area contributed by atoms with Gasteiger partial charge in [0.1, 0.15) is 12.4 Å². The first-order chi connectivity index (χ1) is 11.5. The summed E-state index contributed by atoms with van der Waals surface area (Å²) in [6.07, 6.45) is -0.121. The Bertz CT molecular complexity index is 652. The summed E-state index contributed by atoms with van der Waals surface area (Å²) in [4.78, 5) is 2.90. The monoisotopic (exact) mass is 375 g/mol. The summed E-state index contributed by atoms with van der Waals surface area (Å²) in [5.41, 5.74) is -2.16. The molecule has 140 valence electrons. The Hall–Kier alpha value is -1.39. The highest BCUT2D eigenvalue weighted by Gasteiger charge is 2.56. The van der Waals surface area contributed by atoms with E-state index in [1.807, 2.05) is 0 Å². The van der Waals surface area contributed by atoms with Crippen molar-refractivity contribution in [1.82, 2.24) is 0 Å². The third kappa shape index (κ3) is 4.83. The Balaban J connectivity index is 3.46. The second kappa shape index (κ2) is 8.33. The molecule has 0 bridgehead atoms. The fourth-order valence-corrected chi connectivity index (χ4v) is 4.03. The lowest BCUT2D eigenvalue weighted by molar-refractivity contribution is -0.125. The SMILES string of the molecule is [C-]#[N+]COCC(F)(F)[C@](CC)(C[S@@](=O)C(C)(C)C)c1ccccc1F. The molecule has 0 unspecified atom stereocenters. The first-order valence-corrected chi connectivity index (χ1v) is 9.26. The highest BCUT2D eigenvalue weighted by Crippen LogP contribution is 2.45. The molecule has 2 atom stereocenters. The van der Waals surface area contributed by atoms with Crippen molar-refractivity contribution in [1.29, 1.82) is 0 Å². The van der Waals surface area contributed by atoms with Gasteiger partial charge in [-0.15, -0.1) is 0 Å². The molecule has 7 heteroatoms. The normalized spacial score (nSPS) is 16.1. The fourth-order valence-electron chi connectivity index (χ4n) is 2.58. The minimum absolute atomic E-state index is 0.121. The number of alkyl halides is 2. The van der Waals surface area contributed by atoms with Gasteiger partial charge >= 0.3 is 6.73 Å². The molecule has 1 aromatic rings. The zero-order chi connectivity index (χ0) is 19.3. The number of benzene rings is 1.